The summed E-state index contributed by atoms with van der Waals surface area (Å²) in [6, 6.07) is 13.6. The van der Waals surface area contributed by atoms with E-state index in [-0.39, 0.29) is 5.69 Å². The predicted molar refractivity (Wildman–Crippen MR) is 85.5 cm³/mol. The molecule has 0 saturated heterocycles. The molecule has 1 aliphatic rings. The number of pyridine rings is 2. The normalized spacial score (nSPS) is 14.2. The Kier molecular flexibility index (Phi) is 2.89. The van der Waals surface area contributed by atoms with Crippen molar-refractivity contribution in [2.45, 2.75) is 18.8 Å². The molecular formula is C18H15N3O. The van der Waals surface area contributed by atoms with E-state index in [9.17, 15) is 4.79 Å². The Hall–Kier alpha value is -2.75. The molecule has 0 spiro atoms. The quantitative estimate of drug-likeness (QED) is 0.804. The highest BCUT2D eigenvalue weighted by atomic mass is 16.1. The van der Waals surface area contributed by atoms with Gasteiger partial charge >= 0.3 is 0 Å². The molecule has 0 atom stereocenters. The van der Waals surface area contributed by atoms with Crippen molar-refractivity contribution in [1.29, 1.82) is 0 Å². The SMILES string of the molecule is NC(=O)c1cc(-c2ccc(C3CC3)nc2)c2ccccc2n1. The Morgan fingerprint density at radius 2 is 1.95 bits per heavy atom. The summed E-state index contributed by atoms with van der Waals surface area (Å²) in [7, 11) is 0. The molecule has 2 N–H and O–H groups in total. The summed E-state index contributed by atoms with van der Waals surface area (Å²) in [6.45, 7) is 0. The smallest absolute Gasteiger partial charge is 0.267 e. The van der Waals surface area contributed by atoms with Crippen LogP contribution >= 0.6 is 0 Å². The Bertz CT molecular complexity index is 867. The van der Waals surface area contributed by atoms with Crippen LogP contribution in [-0.2, 0) is 0 Å². The molecule has 0 bridgehead atoms. The van der Waals surface area contributed by atoms with E-state index >= 15 is 0 Å². The minimum absolute atomic E-state index is 0.278. The number of primary amides is 1. The number of hydrogen-bond acceptors (Lipinski definition) is 3. The van der Waals surface area contributed by atoms with Crippen LogP contribution in [0.1, 0.15) is 34.9 Å². The van der Waals surface area contributed by atoms with Crippen molar-refractivity contribution in [3.63, 3.8) is 0 Å². The zero-order valence-electron chi connectivity index (χ0n) is 12.0. The van der Waals surface area contributed by atoms with E-state index in [2.05, 4.69) is 22.1 Å². The first-order valence-corrected chi connectivity index (χ1v) is 7.38. The largest absolute Gasteiger partial charge is 0.364 e. The van der Waals surface area contributed by atoms with E-state index in [1.807, 2.05) is 30.5 Å². The average Bonchev–Trinajstić information content (AvgIpc) is 3.39. The molecule has 108 valence electrons. The van der Waals surface area contributed by atoms with E-state index < -0.39 is 5.91 Å². The van der Waals surface area contributed by atoms with E-state index in [4.69, 9.17) is 5.73 Å². The van der Waals surface area contributed by atoms with Gasteiger partial charge in [-0.3, -0.25) is 9.78 Å². The van der Waals surface area contributed by atoms with Crippen LogP contribution in [0.15, 0.2) is 48.7 Å². The van der Waals surface area contributed by atoms with Crippen LogP contribution in [0.2, 0.25) is 0 Å². The summed E-state index contributed by atoms with van der Waals surface area (Å²) >= 11 is 0. The molecule has 2 aromatic heterocycles. The number of fused-ring (bicyclic) bond motifs is 1. The number of nitrogens with two attached hydrogens (primary N) is 1. The van der Waals surface area contributed by atoms with Gasteiger partial charge in [-0.25, -0.2) is 4.98 Å². The van der Waals surface area contributed by atoms with Gasteiger partial charge in [-0.15, -0.1) is 0 Å². The van der Waals surface area contributed by atoms with Crippen LogP contribution in [0.5, 0.6) is 0 Å². The molecule has 0 radical (unpaired) electrons. The lowest BCUT2D eigenvalue weighted by atomic mass is 10.0. The number of amides is 1. The minimum Gasteiger partial charge on any atom is -0.364 e. The van der Waals surface area contributed by atoms with Gasteiger partial charge in [0.25, 0.3) is 5.91 Å². The van der Waals surface area contributed by atoms with Crippen molar-refractivity contribution in [2.75, 3.05) is 0 Å². The zero-order valence-corrected chi connectivity index (χ0v) is 12.0. The highest BCUT2D eigenvalue weighted by molar-refractivity contribution is 6.00. The number of carbonyl (C=O) groups excluding carboxylic acids is 1. The van der Waals surface area contributed by atoms with Crippen molar-refractivity contribution in [3.8, 4) is 11.1 Å². The van der Waals surface area contributed by atoms with Gasteiger partial charge in [-0.05, 0) is 36.6 Å². The lowest BCUT2D eigenvalue weighted by molar-refractivity contribution is 0.0996. The lowest BCUT2D eigenvalue weighted by Crippen LogP contribution is -2.13. The molecule has 1 fully saturated rings. The Balaban J connectivity index is 1.89. The van der Waals surface area contributed by atoms with E-state index in [1.54, 1.807) is 6.07 Å². The second-order valence-electron chi connectivity index (χ2n) is 5.68. The summed E-state index contributed by atoms with van der Waals surface area (Å²) < 4.78 is 0. The second kappa shape index (κ2) is 4.91. The molecule has 0 aliphatic heterocycles. The van der Waals surface area contributed by atoms with Gasteiger partial charge < -0.3 is 5.73 Å². The van der Waals surface area contributed by atoms with Crippen LogP contribution < -0.4 is 5.73 Å². The third-order valence-corrected chi connectivity index (χ3v) is 4.06. The third-order valence-electron chi connectivity index (χ3n) is 4.06. The number of rotatable bonds is 3. The number of carbonyl (C=O) groups is 1. The minimum atomic E-state index is -0.519. The zero-order chi connectivity index (χ0) is 15.1. The molecule has 0 unspecified atom stereocenters. The van der Waals surface area contributed by atoms with Crippen molar-refractivity contribution >= 4 is 16.8 Å². The Morgan fingerprint density at radius 1 is 1.14 bits per heavy atom. The van der Waals surface area contributed by atoms with Gasteiger partial charge in [0.15, 0.2) is 0 Å². The number of nitrogens with zero attached hydrogens (tertiary/aromatic N) is 2. The summed E-state index contributed by atoms with van der Waals surface area (Å²) in [4.78, 5) is 20.4. The summed E-state index contributed by atoms with van der Waals surface area (Å²) in [5.74, 6) is 0.110. The topological polar surface area (TPSA) is 68.9 Å². The van der Waals surface area contributed by atoms with Gasteiger partial charge in [0.1, 0.15) is 5.69 Å². The van der Waals surface area contributed by atoms with Gasteiger partial charge in [0, 0.05) is 28.8 Å². The third kappa shape index (κ3) is 2.22. The second-order valence-corrected chi connectivity index (χ2v) is 5.68. The molecule has 2 heterocycles. The molecule has 1 saturated carbocycles. The number of aromatic nitrogens is 2. The maximum absolute atomic E-state index is 11.5. The Morgan fingerprint density at radius 3 is 2.64 bits per heavy atom. The fraction of sp³-hybridized carbons (Fsp3) is 0.167. The van der Waals surface area contributed by atoms with Gasteiger partial charge in [-0.2, -0.15) is 0 Å². The fourth-order valence-corrected chi connectivity index (χ4v) is 2.73. The molecule has 1 aromatic carbocycles. The number of para-hydroxylation sites is 1. The summed E-state index contributed by atoms with van der Waals surface area (Å²) in [6.07, 6.45) is 4.34. The standard InChI is InChI=1S/C18H15N3O/c19-18(22)17-9-14(13-3-1-2-4-16(13)21-17)12-7-8-15(20-10-12)11-5-6-11/h1-4,7-11H,5-6H2,(H2,19,22). The van der Waals surface area contributed by atoms with E-state index in [0.717, 1.165) is 27.7 Å². The number of hydrogen-bond donors (Lipinski definition) is 1. The van der Waals surface area contributed by atoms with Crippen molar-refractivity contribution < 1.29 is 4.79 Å². The number of benzene rings is 1. The van der Waals surface area contributed by atoms with Crippen molar-refractivity contribution in [2.24, 2.45) is 5.73 Å². The van der Waals surface area contributed by atoms with Crippen LogP contribution in [0.25, 0.3) is 22.0 Å². The first kappa shape index (κ1) is 13.0. The maximum atomic E-state index is 11.5. The van der Waals surface area contributed by atoms with E-state index in [0.29, 0.717) is 5.92 Å². The average molecular weight is 289 g/mol. The lowest BCUT2D eigenvalue weighted by Gasteiger charge is -2.09. The Labute approximate surface area is 128 Å². The molecule has 1 aliphatic carbocycles. The summed E-state index contributed by atoms with van der Waals surface area (Å²) in [5.41, 5.74) is 9.52. The molecule has 4 nitrogen and oxygen atoms in total. The van der Waals surface area contributed by atoms with Crippen LogP contribution in [0.3, 0.4) is 0 Å². The monoisotopic (exact) mass is 289 g/mol. The van der Waals surface area contributed by atoms with Crippen LogP contribution in [-0.4, -0.2) is 15.9 Å². The molecule has 4 heteroatoms. The molecule has 1 amide bonds. The molecular weight excluding hydrogens is 274 g/mol. The molecule has 4 rings (SSSR count). The van der Waals surface area contributed by atoms with Crippen molar-refractivity contribution in [3.05, 3.63) is 60.0 Å². The maximum Gasteiger partial charge on any atom is 0.267 e. The van der Waals surface area contributed by atoms with Gasteiger partial charge in [-0.1, -0.05) is 24.3 Å². The van der Waals surface area contributed by atoms with E-state index in [1.165, 1.54) is 12.8 Å². The highest BCUT2D eigenvalue weighted by Gasteiger charge is 2.24. The van der Waals surface area contributed by atoms with Crippen LogP contribution in [0, 0.1) is 0 Å². The van der Waals surface area contributed by atoms with Crippen LogP contribution in [0.4, 0.5) is 0 Å². The van der Waals surface area contributed by atoms with Gasteiger partial charge in [0.2, 0.25) is 0 Å². The molecule has 3 aromatic rings. The fourth-order valence-electron chi connectivity index (χ4n) is 2.73. The van der Waals surface area contributed by atoms with Crippen molar-refractivity contribution in [1.82, 2.24) is 9.97 Å². The first-order valence-electron chi connectivity index (χ1n) is 7.38. The predicted octanol–water partition coefficient (Wildman–Crippen LogP) is 3.27. The summed E-state index contributed by atoms with van der Waals surface area (Å²) in [5, 5.41) is 0.994. The molecule has 22 heavy (non-hydrogen) atoms. The van der Waals surface area contributed by atoms with Gasteiger partial charge in [0.05, 0.1) is 5.52 Å². The highest BCUT2D eigenvalue weighted by Crippen LogP contribution is 2.39. The first-order chi connectivity index (χ1) is 10.7.